The quantitative estimate of drug-likeness (QED) is 0.764. The van der Waals surface area contributed by atoms with Gasteiger partial charge in [0.05, 0.1) is 29.3 Å². The van der Waals surface area contributed by atoms with Crippen LogP contribution in [0.15, 0.2) is 23.5 Å². The second-order valence-corrected chi connectivity index (χ2v) is 11.6. The molecule has 1 N–H and O–H groups in total. The topological polar surface area (TPSA) is 96.7 Å². The van der Waals surface area contributed by atoms with Crippen molar-refractivity contribution in [2.75, 3.05) is 24.6 Å². The minimum Gasteiger partial charge on any atom is -0.365 e. The van der Waals surface area contributed by atoms with Crippen LogP contribution < -0.4 is 5.32 Å². The predicted molar refractivity (Wildman–Crippen MR) is 107 cm³/mol. The summed E-state index contributed by atoms with van der Waals surface area (Å²) in [5.41, 5.74) is 0.578. The van der Waals surface area contributed by atoms with Gasteiger partial charge in [-0.25, -0.2) is 13.4 Å². The lowest BCUT2D eigenvalue weighted by molar-refractivity contribution is -0.136. The number of hydrogen-bond acceptors (Lipinski definition) is 6. The van der Waals surface area contributed by atoms with Crippen LogP contribution in [0.4, 0.5) is 0 Å². The van der Waals surface area contributed by atoms with Gasteiger partial charge in [-0.15, -0.1) is 0 Å². The van der Waals surface area contributed by atoms with E-state index >= 15 is 0 Å². The number of likely N-dealkylation sites (tertiary alicyclic amines) is 1. The second-order valence-electron chi connectivity index (χ2n) is 9.33. The van der Waals surface area contributed by atoms with E-state index in [4.69, 9.17) is 9.98 Å². The van der Waals surface area contributed by atoms with E-state index in [-0.39, 0.29) is 40.5 Å². The van der Waals surface area contributed by atoms with E-state index in [0.29, 0.717) is 25.4 Å². The van der Waals surface area contributed by atoms with Crippen LogP contribution in [0.25, 0.3) is 0 Å². The molecule has 154 valence electrons. The molecule has 5 heterocycles. The average Bonchev–Trinajstić information content (AvgIpc) is 3.04. The van der Waals surface area contributed by atoms with Gasteiger partial charge in [-0.1, -0.05) is 6.92 Å². The summed E-state index contributed by atoms with van der Waals surface area (Å²) < 4.78 is 26.0. The number of amides is 1. The van der Waals surface area contributed by atoms with Gasteiger partial charge in [-0.05, 0) is 31.0 Å². The highest BCUT2D eigenvalue weighted by Gasteiger charge is 2.72. The summed E-state index contributed by atoms with van der Waals surface area (Å²) in [6.45, 7) is 3.52. The Bertz CT molecular complexity index is 1080. The van der Waals surface area contributed by atoms with Gasteiger partial charge in [0.2, 0.25) is 5.91 Å². The largest absolute Gasteiger partial charge is 0.365 e. The SMILES string of the molecule is C[C@@H]1CCN(C(=O)[C@@H]2CCS(=O)(=O)C2)C[C@@H]1c1ncc2n1C13C=CNC1(C3)N=C2. The number of imidazole rings is 1. The predicted octanol–water partition coefficient (Wildman–Crippen LogP) is 0.615. The smallest absolute Gasteiger partial charge is 0.226 e. The molecule has 4 aliphatic heterocycles. The third-order valence-electron chi connectivity index (χ3n) is 7.61. The zero-order valence-corrected chi connectivity index (χ0v) is 17.2. The van der Waals surface area contributed by atoms with Crippen molar-refractivity contribution in [2.45, 2.75) is 43.3 Å². The number of carbonyl (C=O) groups is 1. The third kappa shape index (κ3) is 2.30. The molecule has 8 nitrogen and oxygen atoms in total. The lowest BCUT2D eigenvalue weighted by Gasteiger charge is -2.39. The summed E-state index contributed by atoms with van der Waals surface area (Å²) >= 11 is 0. The minimum absolute atomic E-state index is 0.000111. The first-order valence-corrected chi connectivity index (χ1v) is 12.2. The van der Waals surface area contributed by atoms with Crippen LogP contribution in [0.3, 0.4) is 0 Å². The molecule has 5 aliphatic rings. The molecule has 1 amide bonds. The maximum absolute atomic E-state index is 13.0. The number of piperidine rings is 1. The van der Waals surface area contributed by atoms with Gasteiger partial charge in [-0.3, -0.25) is 9.79 Å². The second kappa shape index (κ2) is 5.50. The molecule has 1 aliphatic carbocycles. The monoisotopic (exact) mass is 415 g/mol. The number of aliphatic imine (C=N–C) groups is 1. The molecule has 3 fully saturated rings. The number of aromatic nitrogens is 2. The van der Waals surface area contributed by atoms with Gasteiger partial charge in [0, 0.05) is 31.6 Å². The van der Waals surface area contributed by atoms with E-state index in [9.17, 15) is 13.2 Å². The molecular formula is C20H25N5O3S. The summed E-state index contributed by atoms with van der Waals surface area (Å²) in [5.74, 6) is 1.30. The number of hydrogen-bond donors (Lipinski definition) is 1. The van der Waals surface area contributed by atoms with Crippen molar-refractivity contribution < 1.29 is 13.2 Å². The van der Waals surface area contributed by atoms with Crippen molar-refractivity contribution >= 4 is 22.0 Å². The van der Waals surface area contributed by atoms with Crippen molar-refractivity contribution in [1.29, 1.82) is 0 Å². The summed E-state index contributed by atoms with van der Waals surface area (Å²) in [4.78, 5) is 24.5. The standard InChI is InChI=1S/C20H25N5O3S/c1-13-2-6-24(18(26)14-3-7-29(27,28)11-14)10-16(13)17-21-8-15-9-23-20-12-19(20,25(15)17)4-5-22-20/h4-5,8-9,13-14,16,22H,2-3,6-7,10-12H2,1H3/t13-,14-,16+,19?,20?/m1/s1. The fourth-order valence-corrected chi connectivity index (χ4v) is 7.50. The van der Waals surface area contributed by atoms with Gasteiger partial charge in [0.15, 0.2) is 15.5 Å². The molecule has 9 heteroatoms. The highest BCUT2D eigenvalue weighted by Crippen LogP contribution is 2.61. The van der Waals surface area contributed by atoms with Crippen molar-refractivity contribution in [3.05, 3.63) is 30.0 Å². The van der Waals surface area contributed by atoms with Crippen LogP contribution in [0.1, 0.15) is 43.6 Å². The van der Waals surface area contributed by atoms with E-state index < -0.39 is 9.84 Å². The van der Waals surface area contributed by atoms with Crippen LogP contribution in [-0.2, 0) is 20.2 Å². The van der Waals surface area contributed by atoms with Crippen LogP contribution in [-0.4, -0.2) is 65.2 Å². The first kappa shape index (κ1) is 17.7. The fourth-order valence-electron chi connectivity index (χ4n) is 5.77. The van der Waals surface area contributed by atoms with Crippen molar-refractivity contribution in [3.63, 3.8) is 0 Å². The van der Waals surface area contributed by atoms with Crippen molar-refractivity contribution in [1.82, 2.24) is 19.8 Å². The van der Waals surface area contributed by atoms with Gasteiger partial charge in [0.25, 0.3) is 0 Å². The molecule has 1 saturated carbocycles. The molecule has 2 saturated heterocycles. The van der Waals surface area contributed by atoms with Crippen LogP contribution in [0.2, 0.25) is 0 Å². The minimum atomic E-state index is -3.06. The van der Waals surface area contributed by atoms with E-state index in [0.717, 1.165) is 24.4 Å². The molecule has 5 atom stereocenters. The Morgan fingerprint density at radius 1 is 1.34 bits per heavy atom. The molecule has 29 heavy (non-hydrogen) atoms. The number of nitrogens with one attached hydrogen (secondary N) is 1. The Morgan fingerprint density at radius 2 is 2.21 bits per heavy atom. The maximum atomic E-state index is 13.0. The lowest BCUT2D eigenvalue weighted by Crippen LogP contribution is -2.46. The van der Waals surface area contributed by atoms with Crippen molar-refractivity contribution in [2.24, 2.45) is 16.8 Å². The Kier molecular flexibility index (Phi) is 3.35. The molecule has 0 spiro atoms. The van der Waals surface area contributed by atoms with E-state index in [1.54, 1.807) is 0 Å². The Balaban J connectivity index is 1.30. The highest BCUT2D eigenvalue weighted by atomic mass is 32.2. The van der Waals surface area contributed by atoms with Crippen LogP contribution >= 0.6 is 0 Å². The molecular weight excluding hydrogens is 390 g/mol. The highest BCUT2D eigenvalue weighted by molar-refractivity contribution is 7.91. The Labute approximate surface area is 170 Å². The molecule has 0 bridgehead atoms. The summed E-state index contributed by atoms with van der Waals surface area (Å²) in [6.07, 6.45) is 10.2. The van der Waals surface area contributed by atoms with Gasteiger partial charge >= 0.3 is 0 Å². The van der Waals surface area contributed by atoms with Gasteiger partial charge < -0.3 is 14.8 Å². The normalized spacial score (nSPS) is 40.9. The number of rotatable bonds is 2. The Hall–Kier alpha value is -2.16. The number of sulfone groups is 1. The van der Waals surface area contributed by atoms with E-state index in [1.165, 1.54) is 0 Å². The fraction of sp³-hybridized carbons (Fsp3) is 0.650. The molecule has 2 unspecified atom stereocenters. The Morgan fingerprint density at radius 3 is 3.00 bits per heavy atom. The van der Waals surface area contributed by atoms with Gasteiger partial charge in [-0.2, -0.15) is 0 Å². The molecule has 0 aromatic carbocycles. The molecule has 0 radical (unpaired) electrons. The molecule has 6 rings (SSSR count). The summed E-state index contributed by atoms with van der Waals surface area (Å²) in [7, 11) is -3.06. The van der Waals surface area contributed by atoms with E-state index in [2.05, 4.69) is 22.9 Å². The average molecular weight is 416 g/mol. The number of nitrogens with zero attached hydrogens (tertiary/aromatic N) is 4. The lowest BCUT2D eigenvalue weighted by atomic mass is 9.85. The first-order valence-electron chi connectivity index (χ1n) is 10.4. The van der Waals surface area contributed by atoms with E-state index in [1.807, 2.05) is 23.5 Å². The van der Waals surface area contributed by atoms with Crippen LogP contribution in [0, 0.1) is 11.8 Å². The molecule has 1 aromatic rings. The number of carbonyl (C=O) groups excluding carboxylic acids is 1. The summed E-state index contributed by atoms with van der Waals surface area (Å²) in [6, 6.07) is 0. The van der Waals surface area contributed by atoms with Crippen molar-refractivity contribution in [3.8, 4) is 0 Å². The third-order valence-corrected chi connectivity index (χ3v) is 9.38. The van der Waals surface area contributed by atoms with Gasteiger partial charge in [0.1, 0.15) is 11.4 Å². The maximum Gasteiger partial charge on any atom is 0.226 e. The molecule has 1 aromatic heterocycles. The first-order chi connectivity index (χ1) is 13.8. The zero-order valence-electron chi connectivity index (χ0n) is 16.4. The number of fused-ring (bicyclic) bond motifs is 1. The van der Waals surface area contributed by atoms with Crippen LogP contribution in [0.5, 0.6) is 0 Å². The zero-order chi connectivity index (χ0) is 20.0. The summed E-state index contributed by atoms with van der Waals surface area (Å²) in [5, 5.41) is 3.40.